The summed E-state index contributed by atoms with van der Waals surface area (Å²) >= 11 is 0. The third-order valence-electron chi connectivity index (χ3n) is 6.57. The smallest absolute Gasteiger partial charge is 0.271 e. The second-order valence-electron chi connectivity index (χ2n) is 9.02. The predicted molar refractivity (Wildman–Crippen MR) is 135 cm³/mol. The van der Waals surface area contributed by atoms with Gasteiger partial charge in [0.1, 0.15) is 5.82 Å². The standard InChI is InChI=1S/C24H28N10O2/c1-14-18(30-24(36)15-6-7-19-16(9-15)10-28-33(19)3)5-4-8-34(14)20-12-26-21(22(25)35)23(31-20)29-17-11-27-32(2)13-17/h6-7,9-14,18H,4-5,8H2,1-3H3,(H2,25,35)(H,29,31)(H,30,36)/t14-,18-/m1/s1. The second kappa shape index (κ2) is 9.29. The zero-order valence-electron chi connectivity index (χ0n) is 20.3. The minimum Gasteiger partial charge on any atom is -0.364 e. The van der Waals surface area contributed by atoms with Gasteiger partial charge in [0.2, 0.25) is 0 Å². The molecule has 0 saturated carbocycles. The van der Waals surface area contributed by atoms with E-state index in [9.17, 15) is 9.59 Å². The maximum absolute atomic E-state index is 13.1. The van der Waals surface area contributed by atoms with Gasteiger partial charge in [0, 0.05) is 49.9 Å². The Hall–Kier alpha value is -4.48. The molecule has 36 heavy (non-hydrogen) atoms. The summed E-state index contributed by atoms with van der Waals surface area (Å²) in [5.74, 6) is 0.0437. The van der Waals surface area contributed by atoms with E-state index < -0.39 is 5.91 Å². The molecule has 0 unspecified atom stereocenters. The van der Waals surface area contributed by atoms with Crippen molar-refractivity contribution in [1.82, 2.24) is 34.8 Å². The van der Waals surface area contributed by atoms with E-state index in [0.29, 0.717) is 17.1 Å². The third kappa shape index (κ3) is 4.44. The fourth-order valence-corrected chi connectivity index (χ4v) is 4.62. The number of hydrogen-bond acceptors (Lipinski definition) is 8. The molecule has 1 aliphatic rings. The van der Waals surface area contributed by atoms with Gasteiger partial charge in [0.25, 0.3) is 11.8 Å². The van der Waals surface area contributed by atoms with Gasteiger partial charge >= 0.3 is 0 Å². The summed E-state index contributed by atoms with van der Waals surface area (Å²) in [5, 5.41) is 15.6. The van der Waals surface area contributed by atoms with Crippen LogP contribution in [0.4, 0.5) is 17.3 Å². The topological polar surface area (TPSA) is 149 Å². The van der Waals surface area contributed by atoms with E-state index in [1.807, 2.05) is 32.2 Å². The lowest BCUT2D eigenvalue weighted by molar-refractivity contribution is 0.0923. The van der Waals surface area contributed by atoms with Crippen LogP contribution in [-0.4, -0.2) is 60.0 Å². The Kier molecular flexibility index (Phi) is 6.00. The molecule has 0 radical (unpaired) electrons. The van der Waals surface area contributed by atoms with Gasteiger partial charge in [-0.15, -0.1) is 0 Å². The first-order valence-corrected chi connectivity index (χ1v) is 11.7. The number of rotatable bonds is 6. The molecule has 0 aliphatic carbocycles. The maximum atomic E-state index is 13.1. The van der Waals surface area contributed by atoms with Gasteiger partial charge in [-0.1, -0.05) is 0 Å². The van der Waals surface area contributed by atoms with Gasteiger partial charge in [0.05, 0.1) is 29.8 Å². The van der Waals surface area contributed by atoms with Gasteiger partial charge in [-0.05, 0) is 38.0 Å². The van der Waals surface area contributed by atoms with Crippen LogP contribution < -0.4 is 21.3 Å². The van der Waals surface area contributed by atoms with Gasteiger partial charge in [-0.3, -0.25) is 19.0 Å². The van der Waals surface area contributed by atoms with Crippen molar-refractivity contribution in [2.75, 3.05) is 16.8 Å². The Labute approximate surface area is 207 Å². The van der Waals surface area contributed by atoms with E-state index in [2.05, 4.69) is 35.7 Å². The molecule has 1 fully saturated rings. The molecule has 12 heteroatoms. The number of nitrogens with one attached hydrogen (secondary N) is 2. The number of anilines is 3. The van der Waals surface area contributed by atoms with Crippen LogP contribution >= 0.6 is 0 Å². The average Bonchev–Trinajstić information content (AvgIpc) is 3.44. The van der Waals surface area contributed by atoms with Crippen molar-refractivity contribution >= 4 is 40.0 Å². The highest BCUT2D eigenvalue weighted by molar-refractivity contribution is 5.98. The summed E-state index contributed by atoms with van der Waals surface area (Å²) in [6.07, 6.45) is 8.38. The van der Waals surface area contributed by atoms with Crippen molar-refractivity contribution in [1.29, 1.82) is 0 Å². The van der Waals surface area contributed by atoms with Gasteiger partial charge in [-0.25, -0.2) is 9.97 Å². The molecular formula is C24H28N10O2. The molecule has 1 saturated heterocycles. The van der Waals surface area contributed by atoms with Crippen LogP contribution in [0.5, 0.6) is 0 Å². The Morgan fingerprint density at radius 2 is 1.97 bits per heavy atom. The number of amides is 2. The van der Waals surface area contributed by atoms with Gasteiger partial charge < -0.3 is 21.3 Å². The quantitative estimate of drug-likeness (QED) is 0.371. The molecule has 3 aromatic heterocycles. The third-order valence-corrected chi connectivity index (χ3v) is 6.57. The van der Waals surface area contributed by atoms with E-state index in [1.165, 1.54) is 0 Å². The van der Waals surface area contributed by atoms with Crippen LogP contribution in [0.3, 0.4) is 0 Å². The van der Waals surface area contributed by atoms with Crippen LogP contribution in [0.2, 0.25) is 0 Å². The number of benzene rings is 1. The molecule has 4 aromatic rings. The SMILES string of the molecule is C[C@@H]1[C@H](NC(=O)c2ccc3c(cnn3C)c2)CCCN1c1cnc(C(N)=O)c(Nc2cnn(C)c2)n1. The molecule has 0 bridgehead atoms. The molecule has 4 N–H and O–H groups in total. The van der Waals surface area contributed by atoms with E-state index in [-0.39, 0.29) is 29.5 Å². The summed E-state index contributed by atoms with van der Waals surface area (Å²) in [6.45, 7) is 2.79. The Morgan fingerprint density at radius 3 is 2.72 bits per heavy atom. The van der Waals surface area contributed by atoms with Crippen LogP contribution in [0.25, 0.3) is 10.9 Å². The Morgan fingerprint density at radius 1 is 1.14 bits per heavy atom. The number of carbonyl (C=O) groups is 2. The summed E-state index contributed by atoms with van der Waals surface area (Å²) in [6, 6.07) is 5.43. The molecule has 12 nitrogen and oxygen atoms in total. The first-order chi connectivity index (χ1) is 17.3. The fraction of sp³-hybridized carbons (Fsp3) is 0.333. The summed E-state index contributed by atoms with van der Waals surface area (Å²) in [5.41, 5.74) is 7.80. The van der Waals surface area contributed by atoms with E-state index in [4.69, 9.17) is 5.73 Å². The predicted octanol–water partition coefficient (Wildman–Crippen LogP) is 1.73. The first-order valence-electron chi connectivity index (χ1n) is 11.7. The van der Waals surface area contributed by atoms with Crippen molar-refractivity contribution in [3.63, 3.8) is 0 Å². The van der Waals surface area contributed by atoms with Crippen molar-refractivity contribution < 1.29 is 9.59 Å². The first kappa shape index (κ1) is 23.3. The minimum absolute atomic E-state index is 0.0444. The molecule has 2 atom stereocenters. The van der Waals surface area contributed by atoms with Crippen molar-refractivity contribution in [2.45, 2.75) is 31.8 Å². The highest BCUT2D eigenvalue weighted by Gasteiger charge is 2.31. The lowest BCUT2D eigenvalue weighted by Crippen LogP contribution is -2.54. The highest BCUT2D eigenvalue weighted by atomic mass is 16.2. The normalized spacial score (nSPS) is 17.8. The lowest BCUT2D eigenvalue weighted by Gasteiger charge is -2.40. The zero-order chi connectivity index (χ0) is 25.4. The minimum atomic E-state index is -0.678. The molecule has 186 valence electrons. The molecule has 0 spiro atoms. The van der Waals surface area contributed by atoms with E-state index >= 15 is 0 Å². The molecule has 1 aliphatic heterocycles. The van der Waals surface area contributed by atoms with Crippen molar-refractivity contribution in [2.24, 2.45) is 19.8 Å². The van der Waals surface area contributed by atoms with Crippen molar-refractivity contribution in [3.8, 4) is 0 Å². The number of carbonyl (C=O) groups excluding carboxylic acids is 2. The monoisotopic (exact) mass is 488 g/mol. The number of hydrogen-bond donors (Lipinski definition) is 3. The van der Waals surface area contributed by atoms with E-state index in [0.717, 1.165) is 30.3 Å². The average molecular weight is 489 g/mol. The van der Waals surface area contributed by atoms with E-state index in [1.54, 1.807) is 41.2 Å². The lowest BCUT2D eigenvalue weighted by atomic mass is 9.97. The summed E-state index contributed by atoms with van der Waals surface area (Å²) < 4.78 is 3.41. The van der Waals surface area contributed by atoms with Crippen LogP contribution in [0, 0.1) is 0 Å². The largest absolute Gasteiger partial charge is 0.364 e. The number of aromatic nitrogens is 6. The highest BCUT2D eigenvalue weighted by Crippen LogP contribution is 2.27. The molecule has 5 rings (SSSR count). The van der Waals surface area contributed by atoms with Crippen molar-refractivity contribution in [3.05, 3.63) is 54.2 Å². The van der Waals surface area contributed by atoms with Gasteiger partial charge in [0.15, 0.2) is 11.5 Å². The summed E-state index contributed by atoms with van der Waals surface area (Å²) in [7, 11) is 3.66. The van der Waals surface area contributed by atoms with Crippen LogP contribution in [0.1, 0.15) is 40.6 Å². The molecule has 2 amide bonds. The number of nitrogens with two attached hydrogens (primary N) is 1. The van der Waals surface area contributed by atoms with Gasteiger partial charge in [-0.2, -0.15) is 10.2 Å². The van der Waals surface area contributed by atoms with Crippen LogP contribution in [0.15, 0.2) is 43.0 Å². The Bertz CT molecular complexity index is 1440. The number of nitrogens with zero attached hydrogens (tertiary/aromatic N) is 7. The zero-order valence-corrected chi connectivity index (χ0v) is 20.3. The number of primary amides is 1. The number of fused-ring (bicyclic) bond motifs is 1. The molecular weight excluding hydrogens is 460 g/mol. The number of aryl methyl sites for hydroxylation is 2. The molecule has 1 aromatic carbocycles. The second-order valence-corrected chi connectivity index (χ2v) is 9.02. The number of piperidine rings is 1. The molecule has 4 heterocycles. The maximum Gasteiger partial charge on any atom is 0.271 e. The van der Waals surface area contributed by atoms with Crippen LogP contribution in [-0.2, 0) is 14.1 Å². The summed E-state index contributed by atoms with van der Waals surface area (Å²) in [4.78, 5) is 36.1. The Balaban J connectivity index is 1.35. The fourth-order valence-electron chi connectivity index (χ4n) is 4.62.